The van der Waals surface area contributed by atoms with Gasteiger partial charge in [-0.3, -0.25) is 14.7 Å². The molecule has 1 N–H and O–H groups in total. The van der Waals surface area contributed by atoms with E-state index in [1.165, 1.54) is 11.8 Å². The lowest BCUT2D eigenvalue weighted by Crippen LogP contribution is -2.38. The maximum Gasteiger partial charge on any atom is 0.271 e. The van der Waals surface area contributed by atoms with E-state index in [0.29, 0.717) is 23.3 Å². The predicted molar refractivity (Wildman–Crippen MR) is 113 cm³/mol. The van der Waals surface area contributed by atoms with Crippen LogP contribution in [0, 0.1) is 19.8 Å². The third-order valence-corrected chi connectivity index (χ3v) is 6.50. The molecule has 3 aromatic rings. The second kappa shape index (κ2) is 7.85. The van der Waals surface area contributed by atoms with Gasteiger partial charge in [0.25, 0.3) is 5.91 Å². The molecule has 2 fully saturated rings. The summed E-state index contributed by atoms with van der Waals surface area (Å²) >= 11 is 0. The van der Waals surface area contributed by atoms with Gasteiger partial charge in [-0.1, -0.05) is 35.5 Å². The standard InChI is InChI=1S/C23H26N6O2/c1-15-10-25-20(11-24-15)21(30)27-19-8-18-13-29(12-17-6-4-3-5-7-17)14-23(18,9-19)22-26-16(2)28-31-22/h3-7,10-11,18-19H,8-9,12-14H2,1-2H3,(H,27,30). The molecule has 1 aromatic carbocycles. The number of fused-ring (bicyclic) bond motifs is 1. The molecular weight excluding hydrogens is 392 g/mol. The van der Waals surface area contributed by atoms with Gasteiger partial charge in [-0.05, 0) is 38.2 Å². The molecule has 3 unspecified atom stereocenters. The summed E-state index contributed by atoms with van der Waals surface area (Å²) in [6.07, 6.45) is 4.79. The number of nitrogens with one attached hydrogen (secondary N) is 1. The summed E-state index contributed by atoms with van der Waals surface area (Å²) in [5.74, 6) is 1.49. The Kier molecular flexibility index (Phi) is 5.02. The molecule has 8 heteroatoms. The van der Waals surface area contributed by atoms with Crippen molar-refractivity contribution in [3.8, 4) is 0 Å². The van der Waals surface area contributed by atoms with Crippen LogP contribution >= 0.6 is 0 Å². The number of rotatable bonds is 5. The average Bonchev–Trinajstić information content (AvgIpc) is 3.42. The second-order valence-electron chi connectivity index (χ2n) is 8.81. The van der Waals surface area contributed by atoms with Crippen molar-refractivity contribution >= 4 is 5.91 Å². The van der Waals surface area contributed by atoms with Crippen molar-refractivity contribution in [1.82, 2.24) is 30.3 Å². The first-order valence-electron chi connectivity index (χ1n) is 10.7. The molecule has 1 amide bonds. The Morgan fingerprint density at radius 3 is 2.77 bits per heavy atom. The molecule has 3 atom stereocenters. The lowest BCUT2D eigenvalue weighted by molar-refractivity contribution is 0.0928. The number of carbonyl (C=O) groups is 1. The zero-order valence-electron chi connectivity index (χ0n) is 17.8. The molecule has 5 rings (SSSR count). The highest BCUT2D eigenvalue weighted by Crippen LogP contribution is 2.50. The van der Waals surface area contributed by atoms with Gasteiger partial charge in [-0.25, -0.2) is 4.98 Å². The van der Waals surface area contributed by atoms with Gasteiger partial charge in [0.15, 0.2) is 5.82 Å². The second-order valence-corrected chi connectivity index (χ2v) is 8.81. The molecule has 1 aliphatic heterocycles. The molecule has 3 heterocycles. The zero-order valence-corrected chi connectivity index (χ0v) is 17.8. The number of aryl methyl sites for hydroxylation is 2. The van der Waals surface area contributed by atoms with E-state index in [9.17, 15) is 4.79 Å². The first kappa shape index (κ1) is 19.8. The Labute approximate surface area is 181 Å². The number of hydrogen-bond acceptors (Lipinski definition) is 7. The van der Waals surface area contributed by atoms with Gasteiger partial charge in [-0.2, -0.15) is 4.98 Å². The Bertz CT molecular complexity index is 1070. The maximum atomic E-state index is 12.7. The largest absolute Gasteiger partial charge is 0.348 e. The molecular formula is C23H26N6O2. The van der Waals surface area contributed by atoms with Crippen molar-refractivity contribution in [2.24, 2.45) is 5.92 Å². The molecule has 0 radical (unpaired) electrons. The van der Waals surface area contributed by atoms with Crippen molar-refractivity contribution in [3.63, 3.8) is 0 Å². The van der Waals surface area contributed by atoms with Gasteiger partial charge in [0.05, 0.1) is 17.3 Å². The van der Waals surface area contributed by atoms with E-state index in [0.717, 1.165) is 38.2 Å². The molecule has 31 heavy (non-hydrogen) atoms. The number of carbonyl (C=O) groups excluding carboxylic acids is 1. The minimum absolute atomic E-state index is 0.0340. The molecule has 8 nitrogen and oxygen atoms in total. The van der Waals surface area contributed by atoms with Crippen molar-refractivity contribution in [2.75, 3.05) is 13.1 Å². The van der Waals surface area contributed by atoms with Crippen LogP contribution in [0.4, 0.5) is 0 Å². The molecule has 0 spiro atoms. The van der Waals surface area contributed by atoms with Gasteiger partial charge < -0.3 is 9.84 Å². The Balaban J connectivity index is 1.34. The SMILES string of the molecule is Cc1cnc(C(=O)NC2CC3CN(Cc4ccccc4)CC3(c3nc(C)no3)C2)cn1. The number of benzene rings is 1. The lowest BCUT2D eigenvalue weighted by Gasteiger charge is -2.25. The summed E-state index contributed by atoms with van der Waals surface area (Å²) in [5.41, 5.74) is 2.18. The van der Waals surface area contributed by atoms with Crippen LogP contribution in [0.2, 0.25) is 0 Å². The quantitative estimate of drug-likeness (QED) is 0.680. The number of amides is 1. The Hall–Kier alpha value is -3.13. The van der Waals surface area contributed by atoms with Gasteiger partial charge in [0, 0.05) is 31.9 Å². The molecule has 0 bridgehead atoms. The van der Waals surface area contributed by atoms with Crippen LogP contribution in [0.5, 0.6) is 0 Å². The summed E-state index contributed by atoms with van der Waals surface area (Å²) < 4.78 is 5.68. The maximum absolute atomic E-state index is 12.7. The van der Waals surface area contributed by atoms with E-state index in [1.54, 1.807) is 6.20 Å². The van der Waals surface area contributed by atoms with Crippen LogP contribution in [-0.4, -0.2) is 50.0 Å². The monoisotopic (exact) mass is 418 g/mol. The van der Waals surface area contributed by atoms with E-state index >= 15 is 0 Å². The Morgan fingerprint density at radius 1 is 1.23 bits per heavy atom. The summed E-state index contributed by atoms with van der Waals surface area (Å²) in [6, 6.07) is 10.5. The van der Waals surface area contributed by atoms with Crippen LogP contribution in [0.3, 0.4) is 0 Å². The smallest absolute Gasteiger partial charge is 0.271 e. The van der Waals surface area contributed by atoms with Gasteiger partial charge in [0.2, 0.25) is 5.89 Å². The third kappa shape index (κ3) is 3.83. The fourth-order valence-corrected chi connectivity index (χ4v) is 5.15. The summed E-state index contributed by atoms with van der Waals surface area (Å²) in [5, 5.41) is 7.22. The molecule has 1 saturated heterocycles. The highest BCUT2D eigenvalue weighted by Gasteiger charge is 2.57. The highest BCUT2D eigenvalue weighted by atomic mass is 16.5. The summed E-state index contributed by atoms with van der Waals surface area (Å²) in [4.78, 5) is 28.2. The number of nitrogens with zero attached hydrogens (tertiary/aromatic N) is 5. The molecule has 1 aliphatic carbocycles. The van der Waals surface area contributed by atoms with Crippen LogP contribution in [0.15, 0.2) is 47.2 Å². The van der Waals surface area contributed by atoms with Crippen LogP contribution in [0.1, 0.15) is 46.3 Å². The minimum atomic E-state index is -0.243. The summed E-state index contributed by atoms with van der Waals surface area (Å²) in [7, 11) is 0. The van der Waals surface area contributed by atoms with E-state index < -0.39 is 0 Å². The fraction of sp³-hybridized carbons (Fsp3) is 0.435. The van der Waals surface area contributed by atoms with Crippen LogP contribution in [-0.2, 0) is 12.0 Å². The van der Waals surface area contributed by atoms with Gasteiger partial charge >= 0.3 is 0 Å². The number of likely N-dealkylation sites (tertiary alicyclic amines) is 1. The fourth-order valence-electron chi connectivity index (χ4n) is 5.15. The van der Waals surface area contributed by atoms with Crippen molar-refractivity contribution in [3.05, 3.63) is 71.4 Å². The lowest BCUT2D eigenvalue weighted by atomic mass is 9.80. The van der Waals surface area contributed by atoms with Crippen molar-refractivity contribution in [1.29, 1.82) is 0 Å². The van der Waals surface area contributed by atoms with Crippen molar-refractivity contribution in [2.45, 2.75) is 44.7 Å². The first-order chi connectivity index (χ1) is 15.0. The van der Waals surface area contributed by atoms with E-state index in [2.05, 4.69) is 54.6 Å². The number of hydrogen-bond donors (Lipinski definition) is 1. The topological polar surface area (TPSA) is 97.0 Å². The predicted octanol–water partition coefficient (Wildman–Crippen LogP) is 2.44. The van der Waals surface area contributed by atoms with Crippen LogP contribution in [0.25, 0.3) is 0 Å². The van der Waals surface area contributed by atoms with E-state index in [1.807, 2.05) is 19.9 Å². The number of aromatic nitrogens is 4. The van der Waals surface area contributed by atoms with Gasteiger partial charge in [-0.15, -0.1) is 0 Å². The Morgan fingerprint density at radius 2 is 2.06 bits per heavy atom. The van der Waals surface area contributed by atoms with Gasteiger partial charge in [0.1, 0.15) is 5.69 Å². The van der Waals surface area contributed by atoms with Crippen LogP contribution < -0.4 is 5.32 Å². The minimum Gasteiger partial charge on any atom is -0.348 e. The average molecular weight is 419 g/mol. The zero-order chi connectivity index (χ0) is 21.4. The third-order valence-electron chi connectivity index (χ3n) is 6.50. The molecule has 2 aromatic heterocycles. The van der Waals surface area contributed by atoms with E-state index in [-0.39, 0.29) is 17.4 Å². The first-order valence-corrected chi connectivity index (χ1v) is 10.7. The van der Waals surface area contributed by atoms with E-state index in [4.69, 9.17) is 4.52 Å². The molecule has 1 saturated carbocycles. The molecule has 2 aliphatic rings. The van der Waals surface area contributed by atoms with Crippen molar-refractivity contribution < 1.29 is 9.32 Å². The highest BCUT2D eigenvalue weighted by molar-refractivity contribution is 5.92. The summed E-state index contributed by atoms with van der Waals surface area (Å²) in [6.45, 7) is 6.36. The molecule has 160 valence electrons. The normalized spacial score (nSPS) is 25.5.